The number of hydrogen-bond acceptors (Lipinski definition) is 4. The molecule has 58 heavy (non-hydrogen) atoms. The molecule has 3 atom stereocenters. The molecule has 0 unspecified atom stereocenters. The van der Waals surface area contributed by atoms with Gasteiger partial charge in [-0.25, -0.2) is 0 Å². The zero-order chi connectivity index (χ0) is 42.6. The molecule has 0 amide bonds. The highest BCUT2D eigenvalue weighted by molar-refractivity contribution is 5.83. The van der Waals surface area contributed by atoms with E-state index in [1.807, 2.05) is 12.1 Å². The number of phenols is 2. The molecular formula is C54H78O4. The van der Waals surface area contributed by atoms with Gasteiger partial charge < -0.3 is 19.7 Å². The minimum absolute atomic E-state index is 0.00350. The van der Waals surface area contributed by atoms with E-state index in [1.165, 1.54) is 33.4 Å². The van der Waals surface area contributed by atoms with Crippen molar-refractivity contribution in [1.82, 2.24) is 0 Å². The molecule has 0 aliphatic carbocycles. The summed E-state index contributed by atoms with van der Waals surface area (Å²) >= 11 is 0. The summed E-state index contributed by atoms with van der Waals surface area (Å²) in [6, 6.07) is 3.73. The number of phenolic OH excluding ortho intramolecular Hbond substituents is 2. The molecule has 2 aromatic carbocycles. The van der Waals surface area contributed by atoms with Gasteiger partial charge in [-0.3, -0.25) is 0 Å². The first-order valence-electron chi connectivity index (χ1n) is 22.4. The highest BCUT2D eigenvalue weighted by Gasteiger charge is 2.37. The van der Waals surface area contributed by atoms with E-state index in [4.69, 9.17) is 9.47 Å². The molecule has 2 aromatic rings. The van der Waals surface area contributed by atoms with Crippen molar-refractivity contribution in [3.8, 4) is 34.1 Å². The molecule has 2 aliphatic rings. The number of fused-ring (bicyclic) bond motifs is 2. The largest absolute Gasteiger partial charge is 0.504 e. The predicted octanol–water partition coefficient (Wildman–Crippen LogP) is 15.8. The van der Waals surface area contributed by atoms with E-state index in [2.05, 4.69) is 120 Å². The van der Waals surface area contributed by atoms with Crippen LogP contribution in [0.3, 0.4) is 0 Å². The van der Waals surface area contributed by atoms with Crippen molar-refractivity contribution < 1.29 is 19.7 Å². The summed E-state index contributed by atoms with van der Waals surface area (Å²) in [4.78, 5) is 0. The number of allylic oxidation sites excluding steroid dienone is 12. The lowest BCUT2D eigenvalue weighted by atomic mass is 9.78. The van der Waals surface area contributed by atoms with E-state index in [0.717, 1.165) is 130 Å². The summed E-state index contributed by atoms with van der Waals surface area (Å²) < 4.78 is 13.4. The van der Waals surface area contributed by atoms with Gasteiger partial charge in [0.2, 0.25) is 0 Å². The summed E-state index contributed by atoms with van der Waals surface area (Å²) in [6.07, 6.45) is 29.5. The molecule has 4 nitrogen and oxygen atoms in total. The standard InChI is InChI=1S/C54H78O4/c1-36(2)19-13-21-38(5)23-15-25-40(7)27-17-29-45-35-47-51(43(10)33-48(55)52(47)57-44(45)11)50-42(9)34-49(56)53-46(50)30-32-54(12,58-53)31-18-28-41(8)26-16-24-39(6)22-14-20-37(3)4/h19-20,23-24,27-28,33-34,44-45,55-56H,13-18,21-22,25-26,29-32,35H2,1-12H3/t44-,45+,54+/m1/s1. The molecule has 0 spiro atoms. The van der Waals surface area contributed by atoms with Crippen molar-refractivity contribution in [3.63, 3.8) is 0 Å². The minimum atomic E-state index is -0.367. The Labute approximate surface area is 353 Å². The third kappa shape index (κ3) is 13.6. The molecule has 0 aromatic heterocycles. The van der Waals surface area contributed by atoms with Gasteiger partial charge in [0, 0.05) is 17.0 Å². The van der Waals surface area contributed by atoms with Crippen molar-refractivity contribution in [1.29, 1.82) is 0 Å². The lowest BCUT2D eigenvalue weighted by Crippen LogP contribution is -2.36. The number of aryl methyl sites for hydroxylation is 2. The van der Waals surface area contributed by atoms with Crippen molar-refractivity contribution >= 4 is 0 Å². The molecule has 0 saturated heterocycles. The summed E-state index contributed by atoms with van der Waals surface area (Å²) in [5.41, 5.74) is 14.7. The number of aromatic hydroxyl groups is 2. The molecule has 0 radical (unpaired) electrons. The quantitative estimate of drug-likeness (QED) is 0.139. The van der Waals surface area contributed by atoms with Crippen molar-refractivity contribution in [2.45, 2.75) is 191 Å². The SMILES string of the molecule is CC(C)=CCCC(C)=CCCC(C)=CCC[C@H]1Cc2c(c(O)cc(C)c2-c2c(C)cc(O)c3c2CC[C@](C)(CCC=C(C)CCC=C(C)CCC=C(C)C)O3)O[C@@H]1C. The second-order valence-electron chi connectivity index (χ2n) is 18.7. The first-order chi connectivity index (χ1) is 27.5. The van der Waals surface area contributed by atoms with Crippen molar-refractivity contribution in [3.05, 3.63) is 104 Å². The maximum absolute atomic E-state index is 11.4. The lowest BCUT2D eigenvalue weighted by molar-refractivity contribution is 0.0539. The van der Waals surface area contributed by atoms with Crippen LogP contribution in [0.4, 0.5) is 0 Å². The summed E-state index contributed by atoms with van der Waals surface area (Å²) in [5.74, 6) is 1.98. The lowest BCUT2D eigenvalue weighted by Gasteiger charge is -2.38. The predicted molar refractivity (Wildman–Crippen MR) is 249 cm³/mol. The van der Waals surface area contributed by atoms with Crippen molar-refractivity contribution in [2.24, 2.45) is 5.92 Å². The molecule has 4 heteroatoms. The summed E-state index contributed by atoms with van der Waals surface area (Å²) in [7, 11) is 0. The van der Waals surface area contributed by atoms with Gasteiger partial charge in [-0.2, -0.15) is 0 Å². The fourth-order valence-electron chi connectivity index (χ4n) is 8.83. The second-order valence-corrected chi connectivity index (χ2v) is 18.7. The molecule has 318 valence electrons. The zero-order valence-corrected chi connectivity index (χ0v) is 38.6. The van der Waals surface area contributed by atoms with Gasteiger partial charge in [0.1, 0.15) is 5.60 Å². The van der Waals surface area contributed by atoms with Crippen LogP contribution < -0.4 is 9.47 Å². The molecule has 0 fully saturated rings. The summed E-state index contributed by atoms with van der Waals surface area (Å²) in [5, 5.41) is 22.6. The van der Waals surface area contributed by atoms with Crippen LogP contribution in [-0.4, -0.2) is 21.9 Å². The third-order valence-corrected chi connectivity index (χ3v) is 12.5. The Morgan fingerprint density at radius 2 is 1.09 bits per heavy atom. The third-order valence-electron chi connectivity index (χ3n) is 12.5. The van der Waals surface area contributed by atoms with Gasteiger partial charge in [-0.05, 0) is 214 Å². The van der Waals surface area contributed by atoms with Gasteiger partial charge >= 0.3 is 0 Å². The molecule has 0 saturated carbocycles. The summed E-state index contributed by atoms with van der Waals surface area (Å²) in [6.45, 7) is 26.2. The van der Waals surface area contributed by atoms with Crippen molar-refractivity contribution in [2.75, 3.05) is 0 Å². The van der Waals surface area contributed by atoms with Gasteiger partial charge in [0.25, 0.3) is 0 Å². The Balaban J connectivity index is 1.46. The fraction of sp³-hybridized carbons (Fsp3) is 0.556. The minimum Gasteiger partial charge on any atom is -0.504 e. The Bertz CT molecular complexity index is 1900. The van der Waals surface area contributed by atoms with E-state index >= 15 is 0 Å². The molecule has 2 aliphatic heterocycles. The van der Waals surface area contributed by atoms with Crippen LogP contribution >= 0.6 is 0 Å². The van der Waals surface area contributed by atoms with Crippen LogP contribution in [0.5, 0.6) is 23.0 Å². The van der Waals surface area contributed by atoms with Crippen LogP contribution in [0.25, 0.3) is 11.1 Å². The van der Waals surface area contributed by atoms with Gasteiger partial charge in [0.05, 0.1) is 6.10 Å². The Hall–Kier alpha value is -3.92. The normalized spacial score (nSPS) is 19.9. The smallest absolute Gasteiger partial charge is 0.165 e. The fourth-order valence-corrected chi connectivity index (χ4v) is 8.83. The monoisotopic (exact) mass is 791 g/mol. The Morgan fingerprint density at radius 1 is 0.638 bits per heavy atom. The number of benzene rings is 2. The average Bonchev–Trinajstić information content (AvgIpc) is 3.13. The topological polar surface area (TPSA) is 58.9 Å². The first-order valence-corrected chi connectivity index (χ1v) is 22.4. The van der Waals surface area contributed by atoms with E-state index in [1.54, 1.807) is 0 Å². The number of hydrogen-bond donors (Lipinski definition) is 2. The highest BCUT2D eigenvalue weighted by atomic mass is 16.5. The number of ether oxygens (including phenoxy) is 2. The van der Waals surface area contributed by atoms with Crippen LogP contribution in [0.1, 0.15) is 175 Å². The molecule has 2 heterocycles. The Kier molecular flexibility index (Phi) is 17.7. The van der Waals surface area contributed by atoms with E-state index < -0.39 is 0 Å². The zero-order valence-electron chi connectivity index (χ0n) is 38.6. The molecular weight excluding hydrogens is 713 g/mol. The number of rotatable bonds is 19. The Morgan fingerprint density at radius 3 is 1.60 bits per heavy atom. The average molecular weight is 791 g/mol. The van der Waals surface area contributed by atoms with Crippen LogP contribution in [0.2, 0.25) is 0 Å². The van der Waals surface area contributed by atoms with Gasteiger partial charge in [0.15, 0.2) is 23.0 Å². The molecule has 0 bridgehead atoms. The molecule has 4 rings (SSSR count). The van der Waals surface area contributed by atoms with Crippen LogP contribution in [-0.2, 0) is 12.8 Å². The second kappa shape index (κ2) is 21.9. The van der Waals surface area contributed by atoms with E-state index in [0.29, 0.717) is 17.4 Å². The maximum atomic E-state index is 11.4. The van der Waals surface area contributed by atoms with E-state index in [9.17, 15) is 10.2 Å². The van der Waals surface area contributed by atoms with Gasteiger partial charge in [-0.1, -0.05) is 69.9 Å². The molecule has 2 N–H and O–H groups in total. The van der Waals surface area contributed by atoms with Gasteiger partial charge in [-0.15, -0.1) is 0 Å². The first kappa shape index (κ1) is 46.8. The van der Waals surface area contributed by atoms with E-state index in [-0.39, 0.29) is 23.2 Å². The van der Waals surface area contributed by atoms with Crippen LogP contribution in [0.15, 0.2) is 82.0 Å². The maximum Gasteiger partial charge on any atom is 0.165 e. The highest BCUT2D eigenvalue weighted by Crippen LogP contribution is 2.52. The van der Waals surface area contributed by atoms with Crippen LogP contribution in [0, 0.1) is 19.8 Å².